The van der Waals surface area contributed by atoms with Gasteiger partial charge in [0.15, 0.2) is 15.6 Å². The molecule has 0 saturated heterocycles. The Morgan fingerprint density at radius 2 is 1.86 bits per heavy atom. The predicted octanol–water partition coefficient (Wildman–Crippen LogP) is 4.74. The average Bonchev–Trinajstić information content (AvgIpc) is 3.37. The Morgan fingerprint density at radius 1 is 1.07 bits per heavy atom. The van der Waals surface area contributed by atoms with Crippen LogP contribution in [0, 0.1) is 0 Å². The van der Waals surface area contributed by atoms with E-state index in [2.05, 4.69) is 26.1 Å². The lowest BCUT2D eigenvalue weighted by atomic mass is 10.2. The number of halogens is 1. The highest BCUT2D eigenvalue weighted by atomic mass is 79.9. The molecule has 0 fully saturated rings. The van der Waals surface area contributed by atoms with Gasteiger partial charge in [-0.25, -0.2) is 8.42 Å². The highest BCUT2D eigenvalue weighted by Crippen LogP contribution is 2.27. The van der Waals surface area contributed by atoms with Gasteiger partial charge in [0.25, 0.3) is 5.89 Å². The Morgan fingerprint density at radius 3 is 2.59 bits per heavy atom. The van der Waals surface area contributed by atoms with E-state index in [-0.39, 0.29) is 22.3 Å². The van der Waals surface area contributed by atoms with Gasteiger partial charge in [-0.2, -0.15) is 4.98 Å². The van der Waals surface area contributed by atoms with Crippen molar-refractivity contribution in [2.45, 2.75) is 10.6 Å². The Labute approximate surface area is 175 Å². The monoisotopic (exact) mass is 474 g/mol. The van der Waals surface area contributed by atoms with Crippen LogP contribution >= 0.6 is 15.9 Å². The maximum absolute atomic E-state index is 12.6. The van der Waals surface area contributed by atoms with Gasteiger partial charge in [-0.1, -0.05) is 33.2 Å². The number of sulfone groups is 1. The normalized spacial score (nSPS) is 11.5. The zero-order valence-electron chi connectivity index (χ0n) is 15.2. The molecule has 0 radical (unpaired) electrons. The lowest BCUT2D eigenvalue weighted by Crippen LogP contribution is -2.04. The van der Waals surface area contributed by atoms with Crippen molar-refractivity contribution in [3.8, 4) is 28.8 Å². The number of furan rings is 1. The molecule has 4 rings (SSSR count). The molecule has 29 heavy (non-hydrogen) atoms. The molecular formula is C20H15BrN2O5S. The number of rotatable bonds is 6. The van der Waals surface area contributed by atoms with Crippen LogP contribution in [0.5, 0.6) is 5.75 Å². The number of hydrogen-bond donors (Lipinski definition) is 0. The summed E-state index contributed by atoms with van der Waals surface area (Å²) in [6.07, 6.45) is 0. The van der Waals surface area contributed by atoms with Crippen LogP contribution in [0.25, 0.3) is 23.0 Å². The van der Waals surface area contributed by atoms with Crippen molar-refractivity contribution in [2.24, 2.45) is 0 Å². The first-order valence-corrected chi connectivity index (χ1v) is 10.9. The standard InChI is InChI=1S/C20H15BrN2O5S/c1-26-15-5-8-17(9-6-15)29(24,25)12-16-7-10-18(27-16)20-22-19(23-28-20)13-3-2-4-14(21)11-13/h2-11H,12H2,1H3. The minimum Gasteiger partial charge on any atom is -0.497 e. The van der Waals surface area contributed by atoms with Gasteiger partial charge in [0, 0.05) is 10.0 Å². The van der Waals surface area contributed by atoms with Gasteiger partial charge in [0.1, 0.15) is 17.3 Å². The maximum atomic E-state index is 12.6. The summed E-state index contributed by atoms with van der Waals surface area (Å²) in [5, 5.41) is 3.95. The topological polar surface area (TPSA) is 95.4 Å². The third-order valence-corrected chi connectivity index (χ3v) is 6.28. The zero-order valence-corrected chi connectivity index (χ0v) is 17.6. The Kier molecular flexibility index (Phi) is 5.25. The number of hydrogen-bond acceptors (Lipinski definition) is 7. The summed E-state index contributed by atoms with van der Waals surface area (Å²) in [5.41, 5.74) is 0.781. The first kappa shape index (κ1) is 19.4. The number of ether oxygens (including phenoxy) is 1. The minimum atomic E-state index is -3.57. The Bertz CT molecular complexity index is 1250. The first-order valence-electron chi connectivity index (χ1n) is 8.50. The van der Waals surface area contributed by atoms with E-state index in [0.29, 0.717) is 17.3 Å². The van der Waals surface area contributed by atoms with Crippen molar-refractivity contribution in [1.82, 2.24) is 10.1 Å². The second kappa shape index (κ2) is 7.84. The summed E-state index contributed by atoms with van der Waals surface area (Å²) in [4.78, 5) is 4.51. The molecule has 2 heterocycles. The summed E-state index contributed by atoms with van der Waals surface area (Å²) in [6, 6.07) is 16.9. The van der Waals surface area contributed by atoms with Gasteiger partial charge in [-0.15, -0.1) is 0 Å². The second-order valence-electron chi connectivity index (χ2n) is 6.13. The first-order chi connectivity index (χ1) is 13.9. The van der Waals surface area contributed by atoms with Crippen molar-refractivity contribution in [1.29, 1.82) is 0 Å². The molecule has 0 atom stereocenters. The van der Waals surface area contributed by atoms with Gasteiger partial charge in [0.2, 0.25) is 5.82 Å². The Balaban J connectivity index is 1.54. The van der Waals surface area contributed by atoms with Crippen LogP contribution in [0.3, 0.4) is 0 Å². The third kappa shape index (κ3) is 4.25. The Hall–Kier alpha value is -2.91. The van der Waals surface area contributed by atoms with Crippen LogP contribution in [-0.2, 0) is 15.6 Å². The van der Waals surface area contributed by atoms with Gasteiger partial charge < -0.3 is 13.7 Å². The summed E-state index contributed by atoms with van der Waals surface area (Å²) in [5.74, 6) is 1.46. The third-order valence-electron chi connectivity index (χ3n) is 4.13. The van der Waals surface area contributed by atoms with Crippen molar-refractivity contribution in [2.75, 3.05) is 7.11 Å². The van der Waals surface area contributed by atoms with E-state index in [0.717, 1.165) is 10.0 Å². The molecule has 4 aromatic rings. The van der Waals surface area contributed by atoms with Crippen LogP contribution in [0.2, 0.25) is 0 Å². The van der Waals surface area contributed by atoms with E-state index in [1.165, 1.54) is 19.2 Å². The highest BCUT2D eigenvalue weighted by molar-refractivity contribution is 9.10. The molecule has 0 unspecified atom stereocenters. The van der Waals surface area contributed by atoms with Crippen LogP contribution in [0.4, 0.5) is 0 Å². The van der Waals surface area contributed by atoms with E-state index in [1.54, 1.807) is 24.3 Å². The predicted molar refractivity (Wildman–Crippen MR) is 109 cm³/mol. The quantitative estimate of drug-likeness (QED) is 0.398. The van der Waals surface area contributed by atoms with Crippen LogP contribution in [-0.4, -0.2) is 25.7 Å². The fourth-order valence-electron chi connectivity index (χ4n) is 2.69. The molecule has 0 aliphatic heterocycles. The van der Waals surface area contributed by atoms with Gasteiger partial charge in [-0.05, 0) is 48.5 Å². The van der Waals surface area contributed by atoms with Crippen molar-refractivity contribution in [3.05, 3.63) is 70.9 Å². The summed E-state index contributed by atoms with van der Waals surface area (Å²) in [6.45, 7) is 0. The van der Waals surface area contributed by atoms with Crippen LogP contribution in [0.15, 0.2) is 79.0 Å². The summed E-state index contributed by atoms with van der Waals surface area (Å²) >= 11 is 3.40. The zero-order chi connectivity index (χ0) is 20.4. The number of benzene rings is 2. The molecule has 0 amide bonds. The molecule has 9 heteroatoms. The number of nitrogens with zero attached hydrogens (tertiary/aromatic N) is 2. The molecule has 0 aliphatic rings. The minimum absolute atomic E-state index is 0.174. The largest absolute Gasteiger partial charge is 0.497 e. The maximum Gasteiger partial charge on any atom is 0.293 e. The van der Waals surface area contributed by atoms with Gasteiger partial charge >= 0.3 is 0 Å². The fraction of sp³-hybridized carbons (Fsp3) is 0.100. The van der Waals surface area contributed by atoms with Crippen molar-refractivity contribution >= 4 is 25.8 Å². The van der Waals surface area contributed by atoms with E-state index >= 15 is 0 Å². The smallest absolute Gasteiger partial charge is 0.293 e. The number of aromatic nitrogens is 2. The van der Waals surface area contributed by atoms with Crippen molar-refractivity contribution in [3.63, 3.8) is 0 Å². The lowest BCUT2D eigenvalue weighted by Gasteiger charge is -2.04. The van der Waals surface area contributed by atoms with Gasteiger partial charge in [0.05, 0.1) is 12.0 Å². The average molecular weight is 475 g/mol. The molecule has 148 valence electrons. The van der Waals surface area contributed by atoms with Crippen LogP contribution in [0.1, 0.15) is 5.76 Å². The van der Waals surface area contributed by atoms with E-state index < -0.39 is 9.84 Å². The summed E-state index contributed by atoms with van der Waals surface area (Å²) < 4.78 is 42.1. The molecule has 0 bridgehead atoms. The van der Waals surface area contributed by atoms with E-state index in [4.69, 9.17) is 13.7 Å². The molecule has 0 saturated carbocycles. The molecule has 2 aromatic heterocycles. The van der Waals surface area contributed by atoms with E-state index in [9.17, 15) is 8.42 Å². The molecule has 0 N–H and O–H groups in total. The molecule has 0 aliphatic carbocycles. The highest BCUT2D eigenvalue weighted by Gasteiger charge is 2.20. The van der Waals surface area contributed by atoms with E-state index in [1.807, 2.05) is 24.3 Å². The summed E-state index contributed by atoms with van der Waals surface area (Å²) in [7, 11) is -2.05. The SMILES string of the molecule is COc1ccc(S(=O)(=O)Cc2ccc(-c3nc(-c4cccc(Br)c4)no3)o2)cc1. The van der Waals surface area contributed by atoms with Gasteiger partial charge in [-0.3, -0.25) is 0 Å². The lowest BCUT2D eigenvalue weighted by molar-refractivity contribution is 0.413. The van der Waals surface area contributed by atoms with Crippen molar-refractivity contribution < 1.29 is 22.1 Å². The fourth-order valence-corrected chi connectivity index (χ4v) is 4.34. The molecule has 7 nitrogen and oxygen atoms in total. The number of methoxy groups -OCH3 is 1. The molecule has 0 spiro atoms. The second-order valence-corrected chi connectivity index (χ2v) is 9.04. The molecule has 2 aromatic carbocycles. The molecular weight excluding hydrogens is 460 g/mol. The van der Waals surface area contributed by atoms with Crippen LogP contribution < -0.4 is 4.74 Å².